The SMILES string of the molecule is Cc1ccc2c(N(Cl)S(=O)(=O)Cc3ccccn3)cccc2c1Oc1ncccc1-c1ccnc(N[C@H]2CCCNC2)n1. The molecular weight excluding hydrogens is 586 g/mol. The molecule has 0 unspecified atom stereocenters. The van der Waals surface area contributed by atoms with Crippen LogP contribution in [0.4, 0.5) is 11.6 Å². The van der Waals surface area contributed by atoms with Crippen molar-refractivity contribution in [3.8, 4) is 22.9 Å². The molecule has 1 fully saturated rings. The summed E-state index contributed by atoms with van der Waals surface area (Å²) in [6.45, 7) is 3.81. The molecule has 0 aliphatic carbocycles. The Kier molecular flexibility index (Phi) is 8.37. The molecule has 4 heterocycles. The van der Waals surface area contributed by atoms with Gasteiger partial charge in [-0.1, -0.05) is 30.3 Å². The molecule has 10 nitrogen and oxygen atoms in total. The third kappa shape index (κ3) is 6.38. The molecule has 1 aliphatic heterocycles. The van der Waals surface area contributed by atoms with Gasteiger partial charge in [0.15, 0.2) is 0 Å². The van der Waals surface area contributed by atoms with Crippen molar-refractivity contribution in [2.45, 2.75) is 31.6 Å². The van der Waals surface area contributed by atoms with Crippen LogP contribution in [0.1, 0.15) is 24.1 Å². The first-order valence-electron chi connectivity index (χ1n) is 13.9. The molecule has 1 atom stereocenters. The minimum Gasteiger partial charge on any atom is -0.437 e. The van der Waals surface area contributed by atoms with Crippen molar-refractivity contribution >= 4 is 44.2 Å². The first-order valence-corrected chi connectivity index (χ1v) is 15.9. The molecule has 0 spiro atoms. The molecule has 2 aromatic carbocycles. The van der Waals surface area contributed by atoms with E-state index >= 15 is 0 Å². The van der Waals surface area contributed by atoms with Crippen molar-refractivity contribution in [2.24, 2.45) is 0 Å². The van der Waals surface area contributed by atoms with E-state index in [0.29, 0.717) is 51.0 Å². The molecule has 6 rings (SSSR count). The lowest BCUT2D eigenvalue weighted by molar-refractivity contribution is 0.466. The van der Waals surface area contributed by atoms with Crippen LogP contribution < -0.4 is 19.2 Å². The Balaban J connectivity index is 1.33. The van der Waals surface area contributed by atoms with Crippen LogP contribution in [0.15, 0.2) is 85.3 Å². The van der Waals surface area contributed by atoms with Gasteiger partial charge in [-0.2, -0.15) is 3.82 Å². The van der Waals surface area contributed by atoms with Crippen molar-refractivity contribution in [2.75, 3.05) is 22.2 Å². The largest absolute Gasteiger partial charge is 0.437 e. The van der Waals surface area contributed by atoms with E-state index in [9.17, 15) is 8.42 Å². The second kappa shape index (κ2) is 12.5. The molecule has 2 N–H and O–H groups in total. The fourth-order valence-corrected chi connectivity index (χ4v) is 6.50. The van der Waals surface area contributed by atoms with Crippen molar-refractivity contribution < 1.29 is 13.2 Å². The van der Waals surface area contributed by atoms with Crippen LogP contribution in [0.2, 0.25) is 0 Å². The minimum atomic E-state index is -3.94. The summed E-state index contributed by atoms with van der Waals surface area (Å²) in [6, 6.07) is 19.9. The maximum Gasteiger partial charge on any atom is 0.254 e. The van der Waals surface area contributed by atoms with Gasteiger partial charge in [-0.15, -0.1) is 0 Å². The normalized spacial score (nSPS) is 15.3. The standard InChI is InChI=1S/C31H30ClN7O3S/c1-21-12-13-24-25(9-4-11-28(24)39(32)43(40,41)20-23-7-2-3-16-34-23)29(21)42-30-26(10-6-17-35-30)27-14-18-36-31(38-27)37-22-8-5-15-33-19-22/h2-4,6-7,9-14,16-18,22,33H,5,8,15,19-20H2,1H3,(H,36,37,38)/t22-/m0/s1. The van der Waals surface area contributed by atoms with E-state index < -0.39 is 10.0 Å². The molecule has 12 heteroatoms. The zero-order chi connectivity index (χ0) is 29.8. The fraction of sp³-hybridized carbons (Fsp3) is 0.226. The van der Waals surface area contributed by atoms with Crippen LogP contribution in [0.25, 0.3) is 22.0 Å². The van der Waals surface area contributed by atoms with E-state index in [0.717, 1.165) is 35.3 Å². The number of benzene rings is 2. The smallest absolute Gasteiger partial charge is 0.254 e. The second-order valence-electron chi connectivity index (χ2n) is 10.3. The molecule has 220 valence electrons. The molecule has 0 saturated carbocycles. The lowest BCUT2D eigenvalue weighted by Gasteiger charge is -2.23. The van der Waals surface area contributed by atoms with E-state index in [1.807, 2.05) is 43.3 Å². The van der Waals surface area contributed by atoms with Crippen LogP contribution in [0, 0.1) is 6.92 Å². The molecule has 0 bridgehead atoms. The topological polar surface area (TPSA) is 122 Å². The number of anilines is 2. The summed E-state index contributed by atoms with van der Waals surface area (Å²) in [4.78, 5) is 17.8. The van der Waals surface area contributed by atoms with Crippen molar-refractivity contribution in [3.05, 3.63) is 96.6 Å². The Labute approximate surface area is 255 Å². The Bertz CT molecular complexity index is 1850. The highest BCUT2D eigenvalue weighted by Gasteiger charge is 2.25. The number of ether oxygens (including phenoxy) is 1. The summed E-state index contributed by atoms with van der Waals surface area (Å²) < 4.78 is 33.7. The van der Waals surface area contributed by atoms with Gasteiger partial charge in [0.1, 0.15) is 11.5 Å². The number of halogens is 1. The number of nitrogens with zero attached hydrogens (tertiary/aromatic N) is 5. The number of aryl methyl sites for hydroxylation is 1. The number of nitrogens with one attached hydrogen (secondary N) is 2. The van der Waals surface area contributed by atoms with Crippen LogP contribution in [-0.2, 0) is 15.8 Å². The van der Waals surface area contributed by atoms with Crippen LogP contribution >= 0.6 is 11.8 Å². The number of piperidine rings is 1. The molecule has 0 amide bonds. The van der Waals surface area contributed by atoms with Gasteiger partial charge in [0.2, 0.25) is 11.8 Å². The Morgan fingerprint density at radius 2 is 1.86 bits per heavy atom. The number of hydrogen-bond donors (Lipinski definition) is 2. The second-order valence-corrected chi connectivity index (χ2v) is 12.6. The van der Waals surface area contributed by atoms with Gasteiger partial charge in [-0.25, -0.2) is 23.4 Å². The predicted octanol–water partition coefficient (Wildman–Crippen LogP) is 5.84. The number of aromatic nitrogens is 4. The predicted molar refractivity (Wildman–Crippen MR) is 169 cm³/mol. The third-order valence-electron chi connectivity index (χ3n) is 7.21. The molecule has 3 aromatic heterocycles. The monoisotopic (exact) mass is 615 g/mol. The Morgan fingerprint density at radius 1 is 0.977 bits per heavy atom. The van der Waals surface area contributed by atoms with Crippen molar-refractivity contribution in [1.29, 1.82) is 0 Å². The zero-order valence-electron chi connectivity index (χ0n) is 23.4. The van der Waals surface area contributed by atoms with Gasteiger partial charge < -0.3 is 15.4 Å². The summed E-state index contributed by atoms with van der Waals surface area (Å²) in [6.07, 6.45) is 7.07. The van der Waals surface area contributed by atoms with Gasteiger partial charge in [0.25, 0.3) is 10.0 Å². The summed E-state index contributed by atoms with van der Waals surface area (Å²) in [5, 5.41) is 8.10. The number of rotatable bonds is 9. The first kappa shape index (κ1) is 28.8. The minimum absolute atomic E-state index is 0.260. The maximum atomic E-state index is 13.2. The lowest BCUT2D eigenvalue weighted by Crippen LogP contribution is -2.38. The van der Waals surface area contributed by atoms with Crippen molar-refractivity contribution in [1.82, 2.24) is 25.3 Å². The summed E-state index contributed by atoms with van der Waals surface area (Å²) in [7, 11) is -3.94. The van der Waals surface area contributed by atoms with Gasteiger partial charge >= 0.3 is 0 Å². The number of hydrogen-bond acceptors (Lipinski definition) is 9. The lowest BCUT2D eigenvalue weighted by atomic mass is 10.0. The number of fused-ring (bicyclic) bond motifs is 1. The van der Waals surface area contributed by atoms with E-state index in [1.165, 1.54) is 0 Å². The van der Waals surface area contributed by atoms with E-state index in [-0.39, 0.29) is 11.8 Å². The third-order valence-corrected chi connectivity index (χ3v) is 9.37. The summed E-state index contributed by atoms with van der Waals surface area (Å²) in [5.74, 6) is 1.10. The fourth-order valence-electron chi connectivity index (χ4n) is 5.09. The maximum absolute atomic E-state index is 13.2. The first-order chi connectivity index (χ1) is 20.9. The van der Waals surface area contributed by atoms with Gasteiger partial charge in [0.05, 0.1) is 22.6 Å². The molecule has 5 aromatic rings. The van der Waals surface area contributed by atoms with Crippen LogP contribution in [0.3, 0.4) is 0 Å². The molecule has 1 aliphatic rings. The van der Waals surface area contributed by atoms with Gasteiger partial charge in [0, 0.05) is 53.7 Å². The number of pyridine rings is 2. The Morgan fingerprint density at radius 3 is 2.67 bits per heavy atom. The highest BCUT2D eigenvalue weighted by atomic mass is 35.5. The highest BCUT2D eigenvalue weighted by Crippen LogP contribution is 2.40. The van der Waals surface area contributed by atoms with Gasteiger partial charge in [-0.05, 0) is 68.3 Å². The molecular formula is C31H30ClN7O3S. The van der Waals surface area contributed by atoms with E-state index in [1.54, 1.807) is 48.9 Å². The van der Waals surface area contributed by atoms with E-state index in [4.69, 9.17) is 21.5 Å². The Hall–Kier alpha value is -4.32. The van der Waals surface area contributed by atoms with Crippen molar-refractivity contribution in [3.63, 3.8) is 0 Å². The average Bonchev–Trinajstić information content (AvgIpc) is 3.03. The summed E-state index contributed by atoms with van der Waals surface area (Å²) >= 11 is 6.51. The quantitative estimate of drug-likeness (QED) is 0.197. The molecule has 0 radical (unpaired) electrons. The summed E-state index contributed by atoms with van der Waals surface area (Å²) in [5.41, 5.74) is 2.91. The zero-order valence-corrected chi connectivity index (χ0v) is 25.0. The van der Waals surface area contributed by atoms with Crippen LogP contribution in [-0.4, -0.2) is 47.5 Å². The highest BCUT2D eigenvalue weighted by molar-refractivity contribution is 7.93. The molecule has 1 saturated heterocycles. The average molecular weight is 616 g/mol. The van der Waals surface area contributed by atoms with Gasteiger partial charge in [-0.3, -0.25) is 4.98 Å². The number of sulfonamides is 1. The van der Waals surface area contributed by atoms with Crippen LogP contribution in [0.5, 0.6) is 11.6 Å². The van der Waals surface area contributed by atoms with E-state index in [2.05, 4.69) is 25.6 Å². The molecule has 43 heavy (non-hydrogen) atoms.